The van der Waals surface area contributed by atoms with Crippen LogP contribution in [-0.4, -0.2) is 70.7 Å². The third kappa shape index (κ3) is 3.93. The number of amides is 2. The van der Waals surface area contributed by atoms with Crippen LogP contribution in [0.2, 0.25) is 0 Å². The number of piperidine rings is 1. The van der Waals surface area contributed by atoms with Gasteiger partial charge in [-0.15, -0.1) is 0 Å². The molecule has 1 aromatic heterocycles. The van der Waals surface area contributed by atoms with Gasteiger partial charge in [-0.1, -0.05) is 0 Å². The first-order valence-electron chi connectivity index (χ1n) is 8.19. The van der Waals surface area contributed by atoms with Crippen LogP contribution in [0.5, 0.6) is 5.88 Å². The highest BCUT2D eigenvalue weighted by molar-refractivity contribution is 5.83. The van der Waals surface area contributed by atoms with Crippen LogP contribution >= 0.6 is 0 Å². The molecule has 0 spiro atoms. The quantitative estimate of drug-likeness (QED) is 0.814. The van der Waals surface area contributed by atoms with Crippen LogP contribution < -0.4 is 4.74 Å². The lowest BCUT2D eigenvalue weighted by Crippen LogP contribution is -2.48. The number of carbonyl (C=O) groups excluding carboxylic acids is 2. The van der Waals surface area contributed by atoms with E-state index in [0.29, 0.717) is 37.9 Å². The monoisotopic (exact) mass is 334 g/mol. The van der Waals surface area contributed by atoms with Gasteiger partial charge in [0.15, 0.2) is 0 Å². The maximum Gasteiger partial charge on any atom is 0.410 e. The second kappa shape index (κ2) is 7.02. The maximum absolute atomic E-state index is 12.4. The van der Waals surface area contributed by atoms with Crippen molar-refractivity contribution in [3.8, 4) is 5.88 Å². The lowest BCUT2D eigenvalue weighted by atomic mass is 10.1. The fourth-order valence-electron chi connectivity index (χ4n) is 3.01. The zero-order valence-electron chi connectivity index (χ0n) is 14.0. The molecule has 8 heteroatoms. The molecule has 2 amide bonds. The van der Waals surface area contributed by atoms with Gasteiger partial charge in [-0.2, -0.15) is 4.98 Å². The molecule has 8 nitrogen and oxygen atoms in total. The highest BCUT2D eigenvalue weighted by atomic mass is 16.6. The Kier molecular flexibility index (Phi) is 4.82. The van der Waals surface area contributed by atoms with Crippen molar-refractivity contribution in [2.45, 2.75) is 32.8 Å². The Morgan fingerprint density at radius 2 is 2.21 bits per heavy atom. The Morgan fingerprint density at radius 3 is 2.92 bits per heavy atom. The first-order valence-corrected chi connectivity index (χ1v) is 8.19. The highest BCUT2D eigenvalue weighted by Crippen LogP contribution is 2.18. The molecule has 1 aromatic rings. The number of hydrogen-bond acceptors (Lipinski definition) is 6. The second-order valence-electron chi connectivity index (χ2n) is 6.15. The SMILES string of the molecule is Cc1cc(O[C@H]2CCCN(C(=O)CN3CCOC3=O)C2)nc(C)n1. The number of aromatic nitrogens is 2. The first-order chi connectivity index (χ1) is 11.5. The van der Waals surface area contributed by atoms with Gasteiger partial charge < -0.3 is 14.4 Å². The number of carbonyl (C=O) groups is 2. The maximum atomic E-state index is 12.4. The number of likely N-dealkylation sites (tertiary alicyclic amines) is 1. The van der Waals surface area contributed by atoms with E-state index in [1.54, 1.807) is 11.0 Å². The van der Waals surface area contributed by atoms with Gasteiger partial charge in [-0.05, 0) is 26.7 Å². The molecule has 0 aromatic carbocycles. The molecule has 24 heavy (non-hydrogen) atoms. The van der Waals surface area contributed by atoms with Gasteiger partial charge in [0.25, 0.3) is 0 Å². The van der Waals surface area contributed by atoms with Crippen molar-refractivity contribution >= 4 is 12.0 Å². The molecular formula is C16H22N4O4. The van der Waals surface area contributed by atoms with Crippen molar-refractivity contribution in [2.24, 2.45) is 0 Å². The Bertz CT molecular complexity index is 616. The predicted molar refractivity (Wildman–Crippen MR) is 84.7 cm³/mol. The van der Waals surface area contributed by atoms with Gasteiger partial charge in [0.2, 0.25) is 11.8 Å². The lowest BCUT2D eigenvalue weighted by Gasteiger charge is -2.33. The minimum atomic E-state index is -0.417. The topological polar surface area (TPSA) is 84.9 Å². The van der Waals surface area contributed by atoms with E-state index >= 15 is 0 Å². The Morgan fingerprint density at radius 1 is 1.38 bits per heavy atom. The van der Waals surface area contributed by atoms with Crippen molar-refractivity contribution in [1.82, 2.24) is 19.8 Å². The second-order valence-corrected chi connectivity index (χ2v) is 6.15. The van der Waals surface area contributed by atoms with Crippen LogP contribution in [0.4, 0.5) is 4.79 Å². The molecule has 3 rings (SSSR count). The Balaban J connectivity index is 1.57. The molecule has 3 heterocycles. The number of aryl methyl sites for hydroxylation is 2. The number of hydrogen-bond donors (Lipinski definition) is 0. The molecule has 130 valence electrons. The van der Waals surface area contributed by atoms with Crippen molar-refractivity contribution in [3.05, 3.63) is 17.6 Å². The fraction of sp³-hybridized carbons (Fsp3) is 0.625. The van der Waals surface area contributed by atoms with E-state index < -0.39 is 6.09 Å². The molecular weight excluding hydrogens is 312 g/mol. The summed E-state index contributed by atoms with van der Waals surface area (Å²) in [7, 11) is 0. The van der Waals surface area contributed by atoms with E-state index in [1.807, 2.05) is 13.8 Å². The number of cyclic esters (lactones) is 1. The third-order valence-electron chi connectivity index (χ3n) is 4.13. The molecule has 0 unspecified atom stereocenters. The van der Waals surface area contributed by atoms with E-state index in [9.17, 15) is 9.59 Å². The summed E-state index contributed by atoms with van der Waals surface area (Å²) < 4.78 is 10.8. The summed E-state index contributed by atoms with van der Waals surface area (Å²) in [5, 5.41) is 0. The normalized spacial score (nSPS) is 20.9. The standard InChI is InChI=1S/C16H22N4O4/c1-11-8-14(18-12(2)17-11)24-13-4-3-5-19(9-13)15(21)10-20-6-7-23-16(20)22/h8,13H,3-7,9-10H2,1-2H3/t13-/m0/s1. The summed E-state index contributed by atoms with van der Waals surface area (Å²) in [6.07, 6.45) is 1.23. The van der Waals surface area contributed by atoms with Crippen molar-refractivity contribution in [3.63, 3.8) is 0 Å². The van der Waals surface area contributed by atoms with Gasteiger partial charge in [-0.25, -0.2) is 9.78 Å². The van der Waals surface area contributed by atoms with Crippen LogP contribution in [-0.2, 0) is 9.53 Å². The van der Waals surface area contributed by atoms with Crippen molar-refractivity contribution in [2.75, 3.05) is 32.8 Å². The molecule has 2 fully saturated rings. The average molecular weight is 334 g/mol. The average Bonchev–Trinajstić information content (AvgIpc) is 2.91. The Hall–Kier alpha value is -2.38. The fourth-order valence-corrected chi connectivity index (χ4v) is 3.01. The van der Waals surface area contributed by atoms with Gasteiger partial charge in [0.1, 0.15) is 25.1 Å². The summed E-state index contributed by atoms with van der Waals surface area (Å²) >= 11 is 0. The summed E-state index contributed by atoms with van der Waals surface area (Å²) in [5.41, 5.74) is 0.855. The van der Waals surface area contributed by atoms with Gasteiger partial charge >= 0.3 is 6.09 Å². The number of ether oxygens (including phenoxy) is 2. The van der Waals surface area contributed by atoms with E-state index in [0.717, 1.165) is 18.5 Å². The zero-order chi connectivity index (χ0) is 17.1. The molecule has 2 aliphatic rings. The summed E-state index contributed by atoms with van der Waals surface area (Å²) in [6.45, 7) is 5.80. The number of rotatable bonds is 4. The third-order valence-corrected chi connectivity index (χ3v) is 4.13. The smallest absolute Gasteiger partial charge is 0.410 e. The van der Waals surface area contributed by atoms with E-state index in [2.05, 4.69) is 9.97 Å². The zero-order valence-corrected chi connectivity index (χ0v) is 14.0. The van der Waals surface area contributed by atoms with Crippen molar-refractivity contribution in [1.29, 1.82) is 0 Å². The molecule has 0 N–H and O–H groups in total. The van der Waals surface area contributed by atoms with E-state index in [-0.39, 0.29) is 18.6 Å². The summed E-state index contributed by atoms with van der Waals surface area (Å²) in [5.74, 6) is 1.14. The van der Waals surface area contributed by atoms with Crippen molar-refractivity contribution < 1.29 is 19.1 Å². The molecule has 2 saturated heterocycles. The van der Waals surface area contributed by atoms with Crippen LogP contribution in [0.15, 0.2) is 6.07 Å². The molecule has 1 atom stereocenters. The lowest BCUT2D eigenvalue weighted by molar-refractivity contribution is -0.134. The number of nitrogens with zero attached hydrogens (tertiary/aromatic N) is 4. The minimum absolute atomic E-state index is 0.0667. The van der Waals surface area contributed by atoms with Gasteiger partial charge in [0, 0.05) is 18.3 Å². The first kappa shape index (κ1) is 16.5. The van der Waals surface area contributed by atoms with E-state index in [1.165, 1.54) is 4.90 Å². The Labute approximate surface area is 140 Å². The van der Waals surface area contributed by atoms with Crippen LogP contribution in [0.1, 0.15) is 24.4 Å². The predicted octanol–water partition coefficient (Wildman–Crippen LogP) is 0.915. The van der Waals surface area contributed by atoms with Gasteiger partial charge in [0.05, 0.1) is 13.1 Å². The molecule has 0 bridgehead atoms. The van der Waals surface area contributed by atoms with Crippen LogP contribution in [0.3, 0.4) is 0 Å². The minimum Gasteiger partial charge on any atom is -0.472 e. The molecule has 0 saturated carbocycles. The van der Waals surface area contributed by atoms with Crippen LogP contribution in [0.25, 0.3) is 0 Å². The highest BCUT2D eigenvalue weighted by Gasteiger charge is 2.29. The van der Waals surface area contributed by atoms with E-state index in [4.69, 9.17) is 9.47 Å². The molecule has 2 aliphatic heterocycles. The molecule has 0 aliphatic carbocycles. The molecule has 0 radical (unpaired) electrons. The summed E-state index contributed by atoms with van der Waals surface area (Å²) in [4.78, 5) is 35.6. The largest absolute Gasteiger partial charge is 0.472 e. The van der Waals surface area contributed by atoms with Crippen LogP contribution in [0, 0.1) is 13.8 Å². The summed E-state index contributed by atoms with van der Waals surface area (Å²) in [6, 6.07) is 1.80. The van der Waals surface area contributed by atoms with Gasteiger partial charge in [-0.3, -0.25) is 9.69 Å².